The first-order valence-corrected chi connectivity index (χ1v) is 8.14. The van der Waals surface area contributed by atoms with Gasteiger partial charge in [-0.1, -0.05) is 18.2 Å². The Hall–Kier alpha value is -2.34. The second kappa shape index (κ2) is 7.78. The fraction of sp³-hybridized carbons (Fsp3) is 0.294. The molecule has 1 aromatic heterocycles. The van der Waals surface area contributed by atoms with Crippen LogP contribution in [0.4, 0.5) is 0 Å². The lowest BCUT2D eigenvalue weighted by Gasteiger charge is -2.20. The van der Waals surface area contributed by atoms with Gasteiger partial charge >= 0.3 is 0 Å². The lowest BCUT2D eigenvalue weighted by atomic mass is 10.0. The number of carboxylic acids is 1. The predicted molar refractivity (Wildman–Crippen MR) is 86.4 cm³/mol. The van der Waals surface area contributed by atoms with Crippen molar-refractivity contribution in [1.29, 1.82) is 0 Å². The zero-order valence-corrected chi connectivity index (χ0v) is 13.8. The van der Waals surface area contributed by atoms with E-state index in [4.69, 9.17) is 4.74 Å². The Morgan fingerprint density at radius 3 is 2.43 bits per heavy atom. The number of carbonyl (C=O) groups excluding carboxylic acids is 2. The van der Waals surface area contributed by atoms with Crippen LogP contribution in [0.25, 0.3) is 0 Å². The van der Waals surface area contributed by atoms with E-state index in [-0.39, 0.29) is 18.4 Å². The van der Waals surface area contributed by atoms with E-state index in [0.29, 0.717) is 16.2 Å². The molecule has 2 aromatic rings. The van der Waals surface area contributed by atoms with Gasteiger partial charge in [0.15, 0.2) is 0 Å². The first-order valence-electron chi connectivity index (χ1n) is 7.26. The van der Waals surface area contributed by atoms with Gasteiger partial charge in [-0.05, 0) is 43.0 Å². The lowest BCUT2D eigenvalue weighted by Crippen LogP contribution is -2.33. The van der Waals surface area contributed by atoms with Gasteiger partial charge in [-0.15, -0.1) is 11.3 Å². The quantitative estimate of drug-likeness (QED) is 0.842. The molecular formula is C17H18NO4S-. The van der Waals surface area contributed by atoms with Crippen molar-refractivity contribution in [2.45, 2.75) is 32.4 Å². The Labute approximate surface area is 138 Å². The summed E-state index contributed by atoms with van der Waals surface area (Å²) >= 11 is 1.30. The Balaban J connectivity index is 2.14. The van der Waals surface area contributed by atoms with Crippen molar-refractivity contribution in [3.05, 3.63) is 52.2 Å². The molecule has 0 fully saturated rings. The highest BCUT2D eigenvalue weighted by atomic mass is 32.1. The molecule has 0 bridgehead atoms. The number of rotatable bonds is 7. The molecule has 0 aliphatic rings. The summed E-state index contributed by atoms with van der Waals surface area (Å²) in [5, 5.41) is 15.5. The molecule has 0 saturated carbocycles. The molecule has 0 saturated heterocycles. The maximum atomic E-state index is 12.1. The van der Waals surface area contributed by atoms with Crippen LogP contribution >= 0.6 is 11.3 Å². The molecule has 0 unspecified atom stereocenters. The van der Waals surface area contributed by atoms with Crippen molar-refractivity contribution in [2.24, 2.45) is 0 Å². The normalized spacial score (nSPS) is 12.0. The largest absolute Gasteiger partial charge is 0.550 e. The van der Waals surface area contributed by atoms with Crippen molar-refractivity contribution >= 4 is 23.2 Å². The molecule has 0 radical (unpaired) electrons. The number of benzene rings is 1. The first-order chi connectivity index (χ1) is 11.0. The molecule has 1 atom stereocenters. The van der Waals surface area contributed by atoms with E-state index in [1.54, 1.807) is 41.8 Å². The number of hydrogen-bond acceptors (Lipinski definition) is 5. The van der Waals surface area contributed by atoms with E-state index in [1.807, 2.05) is 13.8 Å². The van der Waals surface area contributed by atoms with Crippen molar-refractivity contribution in [2.75, 3.05) is 0 Å². The van der Waals surface area contributed by atoms with Crippen LogP contribution in [0.1, 0.15) is 41.5 Å². The highest BCUT2D eigenvalue weighted by molar-refractivity contribution is 7.12. The molecule has 0 aliphatic carbocycles. The van der Waals surface area contributed by atoms with Gasteiger partial charge in [0.1, 0.15) is 5.75 Å². The number of nitrogens with one attached hydrogen (secondary N) is 1. The van der Waals surface area contributed by atoms with Crippen LogP contribution in [-0.2, 0) is 4.79 Å². The van der Waals surface area contributed by atoms with Crippen molar-refractivity contribution in [1.82, 2.24) is 5.32 Å². The van der Waals surface area contributed by atoms with Crippen LogP contribution in [-0.4, -0.2) is 18.0 Å². The molecule has 122 valence electrons. The van der Waals surface area contributed by atoms with Gasteiger partial charge in [0, 0.05) is 12.4 Å². The molecule has 1 amide bonds. The molecule has 2 rings (SSSR count). The number of amides is 1. The number of carboxylic acid groups (broad SMARTS) is 1. The number of ether oxygens (including phenoxy) is 1. The molecular weight excluding hydrogens is 314 g/mol. The minimum atomic E-state index is -1.22. The number of aliphatic carboxylic acids is 1. The number of thiophene rings is 1. The van der Waals surface area contributed by atoms with Crippen LogP contribution in [0.3, 0.4) is 0 Å². The zero-order chi connectivity index (χ0) is 16.8. The highest BCUT2D eigenvalue weighted by Gasteiger charge is 2.17. The van der Waals surface area contributed by atoms with E-state index < -0.39 is 12.0 Å². The summed E-state index contributed by atoms with van der Waals surface area (Å²) in [5.74, 6) is -0.821. The Morgan fingerprint density at radius 1 is 1.22 bits per heavy atom. The van der Waals surface area contributed by atoms with E-state index in [1.165, 1.54) is 11.3 Å². The zero-order valence-electron chi connectivity index (χ0n) is 12.9. The molecule has 1 aromatic carbocycles. The molecule has 5 nitrogen and oxygen atoms in total. The van der Waals surface area contributed by atoms with Gasteiger partial charge in [-0.3, -0.25) is 4.79 Å². The number of carbonyl (C=O) groups is 2. The number of hydrogen-bond donors (Lipinski definition) is 1. The molecule has 0 spiro atoms. The maximum absolute atomic E-state index is 12.1. The minimum absolute atomic E-state index is 0.0541. The summed E-state index contributed by atoms with van der Waals surface area (Å²) in [6.45, 7) is 3.85. The average molecular weight is 332 g/mol. The third kappa shape index (κ3) is 5.10. The van der Waals surface area contributed by atoms with Gasteiger partial charge < -0.3 is 20.0 Å². The highest BCUT2D eigenvalue weighted by Crippen LogP contribution is 2.22. The van der Waals surface area contributed by atoms with E-state index in [2.05, 4.69) is 5.32 Å². The van der Waals surface area contributed by atoms with E-state index in [9.17, 15) is 14.7 Å². The van der Waals surface area contributed by atoms with Crippen molar-refractivity contribution < 1.29 is 19.4 Å². The van der Waals surface area contributed by atoms with Gasteiger partial charge in [0.05, 0.1) is 17.0 Å². The molecule has 1 heterocycles. The lowest BCUT2D eigenvalue weighted by molar-refractivity contribution is -0.306. The van der Waals surface area contributed by atoms with Crippen LogP contribution in [0, 0.1) is 0 Å². The Kier molecular flexibility index (Phi) is 5.76. The van der Waals surface area contributed by atoms with E-state index >= 15 is 0 Å². The van der Waals surface area contributed by atoms with Crippen molar-refractivity contribution in [3.63, 3.8) is 0 Å². The summed E-state index contributed by atoms with van der Waals surface area (Å²) in [6, 6.07) is 9.83. The standard InChI is InChI=1S/C17H19NO4S/c1-11(2)22-13-7-5-12(6-8-13)14(10-16(19)20)18-17(21)15-4-3-9-23-15/h3-9,11,14H,10H2,1-2H3,(H,18,21)(H,19,20)/p-1/t14-/m1/s1. The van der Waals surface area contributed by atoms with Gasteiger partial charge in [0.25, 0.3) is 5.91 Å². The van der Waals surface area contributed by atoms with Crippen LogP contribution < -0.4 is 15.2 Å². The van der Waals surface area contributed by atoms with Crippen LogP contribution in [0.5, 0.6) is 5.75 Å². The topological polar surface area (TPSA) is 78.5 Å². The van der Waals surface area contributed by atoms with Gasteiger partial charge in [0.2, 0.25) is 0 Å². The Bertz CT molecular complexity index is 650. The van der Waals surface area contributed by atoms with Gasteiger partial charge in [-0.2, -0.15) is 0 Å². The fourth-order valence-electron chi connectivity index (χ4n) is 2.11. The molecule has 23 heavy (non-hydrogen) atoms. The second-order valence-electron chi connectivity index (χ2n) is 5.32. The summed E-state index contributed by atoms with van der Waals surface area (Å²) in [6.07, 6.45) is -0.236. The summed E-state index contributed by atoms with van der Waals surface area (Å²) in [7, 11) is 0. The van der Waals surface area contributed by atoms with Crippen LogP contribution in [0.15, 0.2) is 41.8 Å². The maximum Gasteiger partial charge on any atom is 0.261 e. The molecule has 1 N–H and O–H groups in total. The summed E-state index contributed by atoms with van der Waals surface area (Å²) < 4.78 is 5.56. The predicted octanol–water partition coefficient (Wildman–Crippen LogP) is 2.15. The monoisotopic (exact) mass is 332 g/mol. The third-order valence-electron chi connectivity index (χ3n) is 3.08. The van der Waals surface area contributed by atoms with Crippen molar-refractivity contribution in [3.8, 4) is 5.75 Å². The summed E-state index contributed by atoms with van der Waals surface area (Å²) in [5.41, 5.74) is 0.690. The van der Waals surface area contributed by atoms with Gasteiger partial charge in [-0.25, -0.2) is 0 Å². The smallest absolute Gasteiger partial charge is 0.261 e. The average Bonchev–Trinajstić information content (AvgIpc) is 3.00. The SMILES string of the molecule is CC(C)Oc1ccc([C@@H](CC(=O)[O-])NC(=O)c2cccs2)cc1. The third-order valence-corrected chi connectivity index (χ3v) is 3.94. The van der Waals surface area contributed by atoms with Crippen LogP contribution in [0.2, 0.25) is 0 Å². The summed E-state index contributed by atoms with van der Waals surface area (Å²) in [4.78, 5) is 23.7. The fourth-order valence-corrected chi connectivity index (χ4v) is 2.73. The molecule has 6 heteroatoms. The van der Waals surface area contributed by atoms with E-state index in [0.717, 1.165) is 0 Å². The second-order valence-corrected chi connectivity index (χ2v) is 6.26. The first kappa shape index (κ1) is 17.0. The Morgan fingerprint density at radius 2 is 1.91 bits per heavy atom. The minimum Gasteiger partial charge on any atom is -0.550 e. The molecule has 0 aliphatic heterocycles.